The van der Waals surface area contributed by atoms with Gasteiger partial charge in [0.1, 0.15) is 0 Å². The Morgan fingerprint density at radius 1 is 1.22 bits per heavy atom. The lowest BCUT2D eigenvalue weighted by atomic mass is 10.1. The first-order chi connectivity index (χ1) is 8.51. The van der Waals surface area contributed by atoms with Crippen LogP contribution in [0.1, 0.15) is 33.4 Å². The van der Waals surface area contributed by atoms with Crippen LogP contribution in [0.5, 0.6) is 0 Å². The van der Waals surface area contributed by atoms with E-state index in [2.05, 4.69) is 42.9 Å². The highest BCUT2D eigenvalue weighted by Crippen LogP contribution is 2.04. The molecule has 1 aromatic heterocycles. The topological polar surface area (TPSA) is 60.0 Å². The van der Waals surface area contributed by atoms with Crippen molar-refractivity contribution in [1.82, 2.24) is 19.9 Å². The van der Waals surface area contributed by atoms with Crippen LogP contribution in [0, 0.1) is 11.8 Å². The number of nitrogens with two attached hydrogens (primary N) is 1. The van der Waals surface area contributed by atoms with E-state index in [4.69, 9.17) is 5.73 Å². The Balaban J connectivity index is 2.44. The van der Waals surface area contributed by atoms with Crippen molar-refractivity contribution in [2.75, 3.05) is 19.6 Å². The van der Waals surface area contributed by atoms with Crippen LogP contribution in [-0.4, -0.2) is 39.5 Å². The van der Waals surface area contributed by atoms with Gasteiger partial charge >= 0.3 is 0 Å². The third-order valence-corrected chi connectivity index (χ3v) is 2.69. The fourth-order valence-corrected chi connectivity index (χ4v) is 2.08. The second-order valence-electron chi connectivity index (χ2n) is 5.72. The monoisotopic (exact) mass is 253 g/mol. The third kappa shape index (κ3) is 5.60. The van der Waals surface area contributed by atoms with E-state index in [1.54, 1.807) is 0 Å². The van der Waals surface area contributed by atoms with Gasteiger partial charge in [0.05, 0.1) is 12.2 Å². The standard InChI is InChI=1S/C13H27N5/c1-11(2)8-17(9-12(3)4)5-6-18-10-13(7-14)15-16-18/h10-12H,5-9,14H2,1-4H3. The molecular formula is C13H27N5. The molecule has 0 aromatic carbocycles. The molecule has 0 unspecified atom stereocenters. The number of rotatable bonds is 8. The van der Waals surface area contributed by atoms with Gasteiger partial charge in [-0.15, -0.1) is 5.10 Å². The first kappa shape index (κ1) is 15.1. The van der Waals surface area contributed by atoms with Gasteiger partial charge in [-0.05, 0) is 11.8 Å². The SMILES string of the molecule is CC(C)CN(CCn1cc(CN)nn1)CC(C)C. The minimum Gasteiger partial charge on any atom is -0.325 e. The van der Waals surface area contributed by atoms with Crippen molar-refractivity contribution in [2.45, 2.75) is 40.8 Å². The Kier molecular flexibility index (Phi) is 6.29. The van der Waals surface area contributed by atoms with E-state index in [0.717, 1.165) is 31.9 Å². The van der Waals surface area contributed by atoms with Crippen LogP contribution in [0.2, 0.25) is 0 Å². The van der Waals surface area contributed by atoms with Crippen LogP contribution in [0.15, 0.2) is 6.20 Å². The molecule has 1 aromatic rings. The largest absolute Gasteiger partial charge is 0.325 e. The molecule has 18 heavy (non-hydrogen) atoms. The Hall–Kier alpha value is -0.940. The van der Waals surface area contributed by atoms with Gasteiger partial charge in [0.2, 0.25) is 0 Å². The number of hydrogen-bond donors (Lipinski definition) is 1. The maximum absolute atomic E-state index is 5.52. The normalized spacial score (nSPS) is 12.0. The quantitative estimate of drug-likeness (QED) is 0.760. The molecule has 2 N–H and O–H groups in total. The van der Waals surface area contributed by atoms with E-state index in [-0.39, 0.29) is 0 Å². The van der Waals surface area contributed by atoms with Gasteiger partial charge in [-0.3, -0.25) is 4.68 Å². The van der Waals surface area contributed by atoms with Crippen molar-refractivity contribution < 1.29 is 0 Å². The molecule has 0 radical (unpaired) electrons. The minimum atomic E-state index is 0.460. The minimum absolute atomic E-state index is 0.460. The second kappa shape index (κ2) is 7.48. The van der Waals surface area contributed by atoms with Gasteiger partial charge in [0.15, 0.2) is 0 Å². The van der Waals surface area contributed by atoms with Crippen LogP contribution in [0.25, 0.3) is 0 Å². The summed E-state index contributed by atoms with van der Waals surface area (Å²) < 4.78 is 1.88. The van der Waals surface area contributed by atoms with E-state index in [9.17, 15) is 0 Å². The molecule has 0 bridgehead atoms. The first-order valence-electron chi connectivity index (χ1n) is 6.82. The van der Waals surface area contributed by atoms with Crippen molar-refractivity contribution in [2.24, 2.45) is 17.6 Å². The molecule has 104 valence electrons. The van der Waals surface area contributed by atoms with Gasteiger partial charge in [-0.25, -0.2) is 0 Å². The summed E-state index contributed by atoms with van der Waals surface area (Å²) in [6, 6.07) is 0. The summed E-state index contributed by atoms with van der Waals surface area (Å²) in [6.07, 6.45) is 1.93. The number of nitrogens with zero attached hydrogens (tertiary/aromatic N) is 4. The highest BCUT2D eigenvalue weighted by atomic mass is 15.4. The zero-order valence-electron chi connectivity index (χ0n) is 12.1. The van der Waals surface area contributed by atoms with Crippen molar-refractivity contribution >= 4 is 0 Å². The smallest absolute Gasteiger partial charge is 0.0962 e. The average Bonchev–Trinajstić information content (AvgIpc) is 2.72. The summed E-state index contributed by atoms with van der Waals surface area (Å²) in [5, 5.41) is 8.08. The maximum Gasteiger partial charge on any atom is 0.0962 e. The zero-order chi connectivity index (χ0) is 13.5. The summed E-state index contributed by atoms with van der Waals surface area (Å²) in [5.41, 5.74) is 6.38. The van der Waals surface area contributed by atoms with Crippen LogP contribution < -0.4 is 5.73 Å². The van der Waals surface area contributed by atoms with Crippen molar-refractivity contribution in [3.8, 4) is 0 Å². The molecule has 5 nitrogen and oxygen atoms in total. The average molecular weight is 253 g/mol. The van der Waals surface area contributed by atoms with E-state index >= 15 is 0 Å². The molecule has 0 amide bonds. The van der Waals surface area contributed by atoms with Crippen LogP contribution >= 0.6 is 0 Å². The van der Waals surface area contributed by atoms with Gasteiger partial charge in [-0.1, -0.05) is 32.9 Å². The van der Waals surface area contributed by atoms with Gasteiger partial charge in [0.25, 0.3) is 0 Å². The fraction of sp³-hybridized carbons (Fsp3) is 0.846. The predicted octanol–water partition coefficient (Wildman–Crippen LogP) is 1.35. The summed E-state index contributed by atoms with van der Waals surface area (Å²) in [6.45, 7) is 13.7. The third-order valence-electron chi connectivity index (χ3n) is 2.69. The molecule has 1 heterocycles. The van der Waals surface area contributed by atoms with Gasteiger partial charge in [0, 0.05) is 32.4 Å². The molecule has 0 spiro atoms. The van der Waals surface area contributed by atoms with E-state index in [1.807, 2.05) is 10.9 Å². The molecule has 0 saturated carbocycles. The second-order valence-corrected chi connectivity index (χ2v) is 5.72. The Morgan fingerprint density at radius 3 is 2.28 bits per heavy atom. The molecule has 5 heteroatoms. The van der Waals surface area contributed by atoms with Gasteiger partial charge < -0.3 is 10.6 Å². The van der Waals surface area contributed by atoms with Gasteiger partial charge in [-0.2, -0.15) is 0 Å². The molecule has 0 fully saturated rings. The molecule has 0 saturated heterocycles. The Labute approximate surface area is 110 Å². The molecule has 1 rings (SSSR count). The van der Waals surface area contributed by atoms with Crippen LogP contribution in [0.4, 0.5) is 0 Å². The molecular weight excluding hydrogens is 226 g/mol. The molecule has 0 aliphatic rings. The summed E-state index contributed by atoms with van der Waals surface area (Å²) in [5.74, 6) is 1.39. The fourth-order valence-electron chi connectivity index (χ4n) is 2.08. The van der Waals surface area contributed by atoms with Crippen molar-refractivity contribution in [3.05, 3.63) is 11.9 Å². The summed E-state index contributed by atoms with van der Waals surface area (Å²) >= 11 is 0. The highest BCUT2D eigenvalue weighted by Gasteiger charge is 2.10. The van der Waals surface area contributed by atoms with Crippen LogP contribution in [0.3, 0.4) is 0 Å². The lowest BCUT2D eigenvalue weighted by Gasteiger charge is -2.25. The van der Waals surface area contributed by atoms with E-state index in [0.29, 0.717) is 18.4 Å². The molecule has 0 aliphatic carbocycles. The lowest BCUT2D eigenvalue weighted by Crippen LogP contribution is -2.34. The first-order valence-corrected chi connectivity index (χ1v) is 6.82. The van der Waals surface area contributed by atoms with Crippen molar-refractivity contribution in [1.29, 1.82) is 0 Å². The predicted molar refractivity (Wildman–Crippen MR) is 74.0 cm³/mol. The van der Waals surface area contributed by atoms with E-state index < -0.39 is 0 Å². The number of hydrogen-bond acceptors (Lipinski definition) is 4. The highest BCUT2D eigenvalue weighted by molar-refractivity contribution is 4.90. The summed E-state index contributed by atoms with van der Waals surface area (Å²) in [7, 11) is 0. The molecule has 0 aliphatic heterocycles. The lowest BCUT2D eigenvalue weighted by molar-refractivity contribution is 0.208. The Bertz CT molecular complexity index is 322. The zero-order valence-corrected chi connectivity index (χ0v) is 12.1. The maximum atomic E-state index is 5.52. The Morgan fingerprint density at radius 2 is 1.83 bits per heavy atom. The molecule has 0 atom stereocenters. The number of aromatic nitrogens is 3. The van der Waals surface area contributed by atoms with Crippen molar-refractivity contribution in [3.63, 3.8) is 0 Å². The van der Waals surface area contributed by atoms with E-state index in [1.165, 1.54) is 0 Å². The summed E-state index contributed by atoms with van der Waals surface area (Å²) in [4.78, 5) is 2.50. The van der Waals surface area contributed by atoms with Crippen LogP contribution in [-0.2, 0) is 13.1 Å².